The van der Waals surface area contributed by atoms with E-state index in [1.54, 1.807) is 11.8 Å². The molecule has 0 radical (unpaired) electrons. The van der Waals surface area contributed by atoms with Crippen LogP contribution in [0.4, 0.5) is 18.9 Å². The summed E-state index contributed by atoms with van der Waals surface area (Å²) >= 11 is 0. The quantitative estimate of drug-likeness (QED) is 0.362. The van der Waals surface area contributed by atoms with Crippen molar-refractivity contribution in [3.05, 3.63) is 53.6 Å². The Morgan fingerprint density at radius 3 is 2.38 bits per heavy atom. The predicted octanol–water partition coefficient (Wildman–Crippen LogP) is 1.68. The number of ether oxygens (including phenoxy) is 1. The summed E-state index contributed by atoms with van der Waals surface area (Å²) in [6.45, 7) is 5.22. The summed E-state index contributed by atoms with van der Waals surface area (Å²) in [6.07, 6.45) is 2.19. The number of nitrogens with one attached hydrogen (secondary N) is 3. The van der Waals surface area contributed by atoms with E-state index in [0.717, 1.165) is 18.3 Å². The van der Waals surface area contributed by atoms with Crippen LogP contribution in [0, 0.1) is 5.82 Å². The normalized spacial score (nSPS) is 15.4. The van der Waals surface area contributed by atoms with Gasteiger partial charge >= 0.3 is 5.92 Å². The van der Waals surface area contributed by atoms with Crippen LogP contribution in [0.2, 0.25) is 0 Å². The highest BCUT2D eigenvalue weighted by molar-refractivity contribution is 5.98. The molecule has 1 aromatic heterocycles. The molecule has 2 aromatic rings. The van der Waals surface area contributed by atoms with Gasteiger partial charge in [0.15, 0.2) is 0 Å². The van der Waals surface area contributed by atoms with Crippen LogP contribution < -0.4 is 20.7 Å². The van der Waals surface area contributed by atoms with Crippen LogP contribution in [0.5, 0.6) is 5.75 Å². The lowest BCUT2D eigenvalue weighted by atomic mass is 10.0. The molecule has 0 unspecified atom stereocenters. The number of nitrogens with zero attached hydrogens (tertiary/aromatic N) is 3. The number of pyridine rings is 1. The summed E-state index contributed by atoms with van der Waals surface area (Å²) in [5, 5.41) is 6.90. The number of likely N-dealkylation sites (N-methyl/N-ethyl adjacent to an activating group) is 1. The van der Waals surface area contributed by atoms with Crippen molar-refractivity contribution >= 4 is 29.3 Å². The number of rotatable bonds is 11. The van der Waals surface area contributed by atoms with Gasteiger partial charge in [0.25, 0.3) is 5.91 Å². The molecule has 0 saturated carbocycles. The van der Waals surface area contributed by atoms with Gasteiger partial charge in [0.05, 0.1) is 24.6 Å². The third-order valence-electron chi connectivity index (χ3n) is 6.84. The van der Waals surface area contributed by atoms with Gasteiger partial charge in [-0.25, -0.2) is 4.39 Å². The Bertz CT molecular complexity index is 1300. The second kappa shape index (κ2) is 14.1. The first-order valence-electron chi connectivity index (χ1n) is 13.4. The summed E-state index contributed by atoms with van der Waals surface area (Å²) in [4.78, 5) is 57.5. The minimum absolute atomic E-state index is 0.0166. The Labute approximate surface area is 241 Å². The lowest BCUT2D eigenvalue weighted by Gasteiger charge is -2.34. The number of hydrogen-bond donors (Lipinski definition) is 3. The fourth-order valence-electron chi connectivity index (χ4n) is 4.19. The highest BCUT2D eigenvalue weighted by Gasteiger charge is 2.42. The molecule has 2 heterocycles. The summed E-state index contributed by atoms with van der Waals surface area (Å²) in [5.41, 5.74) is -0.594. The molecule has 228 valence electrons. The largest absolute Gasteiger partial charge is 0.495 e. The van der Waals surface area contributed by atoms with Gasteiger partial charge in [-0.05, 0) is 37.7 Å². The van der Waals surface area contributed by atoms with E-state index in [-0.39, 0.29) is 36.1 Å². The molecule has 1 saturated heterocycles. The first-order valence-corrected chi connectivity index (χ1v) is 13.4. The number of hydrogen-bond acceptors (Lipinski definition) is 7. The summed E-state index contributed by atoms with van der Waals surface area (Å²) in [7, 11) is 3.21. The minimum atomic E-state index is -4.02. The summed E-state index contributed by atoms with van der Waals surface area (Å²) in [6, 6.07) is 2.45. The molecule has 1 aliphatic heterocycles. The number of alkyl halides is 2. The van der Waals surface area contributed by atoms with E-state index in [9.17, 15) is 32.3 Å². The molecule has 0 spiro atoms. The molecule has 0 aliphatic carbocycles. The van der Waals surface area contributed by atoms with Crippen LogP contribution in [-0.4, -0.2) is 90.8 Å². The molecule has 1 aliphatic rings. The van der Waals surface area contributed by atoms with Crippen molar-refractivity contribution in [2.45, 2.75) is 44.7 Å². The molecular weight excluding hydrogens is 557 g/mol. The average Bonchev–Trinajstić information content (AvgIpc) is 2.97. The lowest BCUT2D eigenvalue weighted by Crippen LogP contribution is -2.54. The Balaban J connectivity index is 1.65. The van der Waals surface area contributed by atoms with E-state index in [0.29, 0.717) is 31.7 Å². The predicted molar refractivity (Wildman–Crippen MR) is 147 cm³/mol. The van der Waals surface area contributed by atoms with Crippen LogP contribution in [0.15, 0.2) is 36.7 Å². The zero-order valence-corrected chi connectivity index (χ0v) is 23.9. The molecular formula is C28H35F3N6O5. The van der Waals surface area contributed by atoms with Crippen molar-refractivity contribution in [2.75, 3.05) is 45.7 Å². The number of piperazine rings is 1. The maximum Gasteiger partial charge on any atom is 0.351 e. The van der Waals surface area contributed by atoms with Crippen molar-refractivity contribution in [1.82, 2.24) is 25.4 Å². The third-order valence-corrected chi connectivity index (χ3v) is 6.84. The smallest absolute Gasteiger partial charge is 0.351 e. The highest BCUT2D eigenvalue weighted by atomic mass is 19.3. The molecule has 42 heavy (non-hydrogen) atoms. The molecule has 0 bridgehead atoms. The highest BCUT2D eigenvalue weighted by Crippen LogP contribution is 2.30. The molecule has 3 rings (SSSR count). The van der Waals surface area contributed by atoms with Gasteiger partial charge in [-0.1, -0.05) is 13.0 Å². The number of carbonyl (C=O) groups is 4. The van der Waals surface area contributed by atoms with Crippen molar-refractivity contribution in [1.29, 1.82) is 0 Å². The Morgan fingerprint density at radius 2 is 1.76 bits per heavy atom. The van der Waals surface area contributed by atoms with E-state index in [2.05, 4.69) is 20.5 Å². The van der Waals surface area contributed by atoms with Crippen molar-refractivity contribution in [3.63, 3.8) is 0 Å². The van der Waals surface area contributed by atoms with Gasteiger partial charge in [0, 0.05) is 45.2 Å². The standard InChI is InChI=1S/C28H35F3N6O5/c1-5-24(38)34-23(26(40)37-10-8-36(3)9-11-37)13-18-6-7-22(21(29)12-18)35-25(39)17(2)33-27(41)28(30,31)19-14-20(42-4)16-32-15-19/h6-7,12,14-17,23H,5,8-11,13H2,1-4H3,(H,33,41)(H,34,38)(H,35,39)/t17-,23+/m0/s1. The number of benzene rings is 1. The maximum absolute atomic E-state index is 15.0. The molecule has 2 atom stereocenters. The van der Waals surface area contributed by atoms with E-state index >= 15 is 0 Å². The number of methoxy groups -OCH3 is 1. The average molecular weight is 593 g/mol. The van der Waals surface area contributed by atoms with Crippen LogP contribution in [0.25, 0.3) is 0 Å². The van der Waals surface area contributed by atoms with Gasteiger partial charge in [-0.2, -0.15) is 8.78 Å². The van der Waals surface area contributed by atoms with E-state index in [1.807, 2.05) is 12.4 Å². The van der Waals surface area contributed by atoms with E-state index in [4.69, 9.17) is 4.74 Å². The fraction of sp³-hybridized carbons (Fsp3) is 0.464. The Kier molecular flexibility index (Phi) is 10.9. The number of anilines is 1. The van der Waals surface area contributed by atoms with E-state index < -0.39 is 41.2 Å². The molecule has 1 aromatic carbocycles. The van der Waals surface area contributed by atoms with Crippen molar-refractivity contribution < 1.29 is 37.1 Å². The number of amides is 4. The van der Waals surface area contributed by atoms with Crippen LogP contribution >= 0.6 is 0 Å². The van der Waals surface area contributed by atoms with Crippen molar-refractivity contribution in [2.24, 2.45) is 0 Å². The number of carbonyl (C=O) groups excluding carboxylic acids is 4. The van der Waals surface area contributed by atoms with Gasteiger partial charge in [-0.3, -0.25) is 24.2 Å². The second-order valence-corrected chi connectivity index (χ2v) is 9.99. The Hall–Kier alpha value is -4.20. The third kappa shape index (κ3) is 8.18. The topological polar surface area (TPSA) is 133 Å². The Morgan fingerprint density at radius 1 is 1.07 bits per heavy atom. The number of aromatic nitrogens is 1. The van der Waals surface area contributed by atoms with Gasteiger partial charge in [0.2, 0.25) is 17.7 Å². The SMILES string of the molecule is CCC(=O)N[C@H](Cc1ccc(NC(=O)[C@H](C)NC(=O)C(F)(F)c2cncc(OC)c2)c(F)c1)C(=O)N1CCN(C)CC1. The zero-order valence-electron chi connectivity index (χ0n) is 23.9. The second-order valence-electron chi connectivity index (χ2n) is 9.99. The van der Waals surface area contributed by atoms with Crippen LogP contribution in [0.1, 0.15) is 31.4 Å². The van der Waals surface area contributed by atoms with Crippen LogP contribution in [-0.2, 0) is 31.5 Å². The lowest BCUT2D eigenvalue weighted by molar-refractivity contribution is -0.148. The minimum Gasteiger partial charge on any atom is -0.495 e. The number of halogens is 3. The molecule has 11 nitrogen and oxygen atoms in total. The molecule has 4 amide bonds. The first kappa shape index (κ1) is 32.3. The first-order chi connectivity index (χ1) is 19.8. The van der Waals surface area contributed by atoms with Gasteiger partial charge < -0.3 is 30.5 Å². The van der Waals surface area contributed by atoms with Gasteiger partial charge in [-0.15, -0.1) is 0 Å². The maximum atomic E-state index is 15.0. The molecule has 3 N–H and O–H groups in total. The van der Waals surface area contributed by atoms with Gasteiger partial charge in [0.1, 0.15) is 23.7 Å². The zero-order chi connectivity index (χ0) is 31.0. The molecule has 14 heteroatoms. The van der Waals surface area contributed by atoms with E-state index in [1.165, 1.54) is 32.4 Å². The van der Waals surface area contributed by atoms with Crippen molar-refractivity contribution in [3.8, 4) is 5.75 Å². The summed E-state index contributed by atoms with van der Waals surface area (Å²) < 4.78 is 49.2. The van der Waals surface area contributed by atoms with Crippen LogP contribution in [0.3, 0.4) is 0 Å². The fourth-order valence-corrected chi connectivity index (χ4v) is 4.19. The molecule has 1 fully saturated rings. The monoisotopic (exact) mass is 592 g/mol. The summed E-state index contributed by atoms with van der Waals surface area (Å²) in [5.74, 6) is -8.12.